The van der Waals surface area contributed by atoms with Crippen LogP contribution in [0.1, 0.15) is 0 Å². The quantitative estimate of drug-likeness (QED) is 0.168. The highest BCUT2D eigenvalue weighted by Gasteiger charge is 2.21. The van der Waals surface area contributed by atoms with Gasteiger partial charge in [0, 0.05) is 95.3 Å². The van der Waals surface area contributed by atoms with Gasteiger partial charge in [-0.1, -0.05) is 102 Å². The number of anilines is 6. The second-order valence-corrected chi connectivity index (χ2v) is 17.3. The van der Waals surface area contributed by atoms with Gasteiger partial charge in [-0.3, -0.25) is 0 Å². The van der Waals surface area contributed by atoms with E-state index in [1.807, 2.05) is 22.7 Å². The van der Waals surface area contributed by atoms with E-state index in [-0.39, 0.29) is 0 Å². The number of hydrogen-bond acceptors (Lipinski definition) is 6. The van der Waals surface area contributed by atoms with E-state index in [1.54, 1.807) is 11.3 Å². The van der Waals surface area contributed by atoms with Crippen molar-refractivity contribution in [2.45, 2.75) is 0 Å². The Morgan fingerprint density at radius 3 is 1.29 bits per heavy atom. The highest BCUT2D eigenvalue weighted by Crippen LogP contribution is 2.47. The topological polar surface area (TPSA) is 19.6 Å². The van der Waals surface area contributed by atoms with Crippen molar-refractivity contribution >= 4 is 140 Å². The summed E-state index contributed by atoms with van der Waals surface area (Å²) in [5, 5.41) is 8.71. The molecule has 4 heterocycles. The lowest BCUT2D eigenvalue weighted by molar-refractivity contribution is 0.678. The van der Waals surface area contributed by atoms with Gasteiger partial charge in [-0.2, -0.15) is 0 Å². The number of hydrogen-bond donors (Lipinski definition) is 0. The van der Waals surface area contributed by atoms with Crippen LogP contribution in [-0.4, -0.2) is 0 Å². The molecule has 0 saturated heterocycles. The SMILES string of the molecule is c1ccc(N(c2ccc3c(c2)sc2ccccc23)c2ccc3c(c2)sc2oc4ccc(N(c5ccccc5)c5ccc6c(c5)sc5ccccc56)cc4c23)cc1. The molecule has 0 bridgehead atoms. The number of thiophene rings is 3. The number of para-hydroxylation sites is 2. The van der Waals surface area contributed by atoms with E-state index in [0.29, 0.717) is 0 Å². The number of benzene rings is 8. The number of fused-ring (bicyclic) bond motifs is 11. The molecule has 12 rings (SSSR count). The molecule has 0 atom stereocenters. The van der Waals surface area contributed by atoms with Crippen molar-refractivity contribution in [3.63, 3.8) is 0 Å². The van der Waals surface area contributed by atoms with Crippen LogP contribution in [0.15, 0.2) is 186 Å². The van der Waals surface area contributed by atoms with Crippen LogP contribution in [0.2, 0.25) is 0 Å². The van der Waals surface area contributed by atoms with Crippen molar-refractivity contribution in [3.05, 3.63) is 182 Å². The predicted molar refractivity (Wildman–Crippen MR) is 244 cm³/mol. The van der Waals surface area contributed by atoms with E-state index in [1.165, 1.54) is 55.8 Å². The second kappa shape index (κ2) is 12.5. The summed E-state index contributed by atoms with van der Waals surface area (Å²) in [6.07, 6.45) is 0. The molecule has 0 radical (unpaired) electrons. The molecule has 56 heavy (non-hydrogen) atoms. The molecule has 0 aliphatic rings. The standard InChI is InChI=1S/C50H30N2OS3/c1-3-11-31(12-4-1)51(34-19-23-39-37-15-7-9-17-44(37)54-46(39)28-34)33-22-26-43-42(27-33)49-41-25-21-36(30-48(41)56-50(49)53-43)52(32-13-5-2-6-14-32)35-20-24-40-38-16-8-10-18-45(38)55-47(40)29-35/h1-30H. The summed E-state index contributed by atoms with van der Waals surface area (Å²) in [7, 11) is 0. The third-order valence-corrected chi connectivity index (χ3v) is 14.2. The molecule has 8 aromatic carbocycles. The molecule has 0 N–H and O–H groups in total. The molecule has 6 heteroatoms. The van der Waals surface area contributed by atoms with Gasteiger partial charge in [-0.05, 0) is 91.0 Å². The normalized spacial score (nSPS) is 11.9. The summed E-state index contributed by atoms with van der Waals surface area (Å²) in [6, 6.07) is 65.9. The maximum Gasteiger partial charge on any atom is 0.190 e. The lowest BCUT2D eigenvalue weighted by atomic mass is 10.1. The van der Waals surface area contributed by atoms with Crippen LogP contribution in [-0.2, 0) is 0 Å². The van der Waals surface area contributed by atoms with Crippen molar-refractivity contribution in [2.24, 2.45) is 0 Å². The summed E-state index contributed by atoms with van der Waals surface area (Å²) >= 11 is 5.42. The Bertz CT molecular complexity index is 3450. The molecule has 4 aromatic heterocycles. The Kier molecular flexibility index (Phi) is 7.14. The summed E-state index contributed by atoms with van der Waals surface area (Å²) < 4.78 is 13.0. The van der Waals surface area contributed by atoms with Crippen molar-refractivity contribution in [2.75, 3.05) is 9.80 Å². The molecule has 0 aliphatic heterocycles. The summed E-state index contributed by atoms with van der Waals surface area (Å²) in [6.45, 7) is 0. The first-order valence-corrected chi connectivity index (χ1v) is 21.1. The average Bonchev–Trinajstić information content (AvgIpc) is 4.00. The third-order valence-electron chi connectivity index (χ3n) is 10.9. The van der Waals surface area contributed by atoms with E-state index in [0.717, 1.165) is 50.0 Å². The van der Waals surface area contributed by atoms with E-state index < -0.39 is 0 Å². The summed E-state index contributed by atoms with van der Waals surface area (Å²) in [4.78, 5) is 5.67. The van der Waals surface area contributed by atoms with Gasteiger partial charge in [0.2, 0.25) is 0 Å². The fraction of sp³-hybridized carbons (Fsp3) is 0. The zero-order valence-electron chi connectivity index (χ0n) is 29.8. The van der Waals surface area contributed by atoms with Crippen molar-refractivity contribution in [1.29, 1.82) is 0 Å². The van der Waals surface area contributed by atoms with E-state index >= 15 is 0 Å². The number of furan rings is 1. The highest BCUT2D eigenvalue weighted by molar-refractivity contribution is 7.26. The lowest BCUT2D eigenvalue weighted by Crippen LogP contribution is -2.09. The van der Waals surface area contributed by atoms with E-state index in [4.69, 9.17) is 4.42 Å². The van der Waals surface area contributed by atoms with Gasteiger partial charge in [0.1, 0.15) is 5.58 Å². The average molecular weight is 771 g/mol. The van der Waals surface area contributed by atoms with Gasteiger partial charge in [-0.25, -0.2) is 0 Å². The Balaban J connectivity index is 0.993. The van der Waals surface area contributed by atoms with Crippen LogP contribution in [0.25, 0.3) is 71.7 Å². The molecular weight excluding hydrogens is 741 g/mol. The maximum absolute atomic E-state index is 6.61. The molecule has 0 spiro atoms. The molecule has 0 aliphatic carbocycles. The first-order chi connectivity index (χ1) is 27.7. The number of rotatable bonds is 6. The van der Waals surface area contributed by atoms with Crippen molar-refractivity contribution in [3.8, 4) is 0 Å². The summed E-state index contributed by atoms with van der Waals surface area (Å²) in [5.41, 5.74) is 7.61. The van der Waals surface area contributed by atoms with Crippen LogP contribution in [0.3, 0.4) is 0 Å². The van der Waals surface area contributed by atoms with Crippen LogP contribution < -0.4 is 9.80 Å². The highest BCUT2D eigenvalue weighted by atomic mass is 32.1. The maximum atomic E-state index is 6.61. The first kappa shape index (κ1) is 31.9. The van der Waals surface area contributed by atoms with Gasteiger partial charge in [-0.15, -0.1) is 22.7 Å². The smallest absolute Gasteiger partial charge is 0.190 e. The van der Waals surface area contributed by atoms with Crippen LogP contribution >= 0.6 is 34.0 Å². The van der Waals surface area contributed by atoms with Crippen LogP contribution in [0.5, 0.6) is 0 Å². The van der Waals surface area contributed by atoms with Crippen LogP contribution in [0, 0.1) is 0 Å². The molecule has 3 nitrogen and oxygen atoms in total. The fourth-order valence-corrected chi connectivity index (χ4v) is 11.7. The Morgan fingerprint density at radius 1 is 0.304 bits per heavy atom. The van der Waals surface area contributed by atoms with Crippen LogP contribution in [0.4, 0.5) is 34.1 Å². The van der Waals surface area contributed by atoms with Gasteiger partial charge in [0.25, 0.3) is 0 Å². The van der Waals surface area contributed by atoms with Crippen molar-refractivity contribution < 1.29 is 4.42 Å². The molecular formula is C50H30N2OS3. The molecule has 0 fully saturated rings. The second-order valence-electron chi connectivity index (χ2n) is 14.1. The van der Waals surface area contributed by atoms with E-state index in [9.17, 15) is 0 Å². The fourth-order valence-electron chi connectivity index (χ4n) is 8.33. The monoisotopic (exact) mass is 770 g/mol. The largest absolute Gasteiger partial charge is 0.445 e. The molecule has 264 valence electrons. The minimum atomic E-state index is 0.900. The molecule has 0 saturated carbocycles. The molecule has 0 amide bonds. The molecule has 0 unspecified atom stereocenters. The Labute approximate surface area is 334 Å². The molecule has 12 aromatic rings. The van der Waals surface area contributed by atoms with Gasteiger partial charge < -0.3 is 14.2 Å². The van der Waals surface area contributed by atoms with Gasteiger partial charge in [0.05, 0.1) is 0 Å². The van der Waals surface area contributed by atoms with E-state index in [2.05, 4.69) is 192 Å². The first-order valence-electron chi connectivity index (χ1n) is 18.7. The predicted octanol–water partition coefficient (Wildman–Crippen LogP) is 16.5. The van der Waals surface area contributed by atoms with Gasteiger partial charge in [0.15, 0.2) is 4.90 Å². The minimum Gasteiger partial charge on any atom is -0.445 e. The van der Waals surface area contributed by atoms with Gasteiger partial charge >= 0.3 is 0 Å². The lowest BCUT2D eigenvalue weighted by Gasteiger charge is -2.25. The zero-order chi connectivity index (χ0) is 36.7. The summed E-state index contributed by atoms with van der Waals surface area (Å²) in [5.74, 6) is 0. The third kappa shape index (κ3) is 5.00. The Hall–Kier alpha value is -6.44. The number of nitrogens with zero attached hydrogens (tertiary/aromatic N) is 2. The Morgan fingerprint density at radius 2 is 0.732 bits per heavy atom. The minimum absolute atomic E-state index is 0.900. The van der Waals surface area contributed by atoms with Crippen molar-refractivity contribution in [1.82, 2.24) is 0 Å². The zero-order valence-corrected chi connectivity index (χ0v) is 32.3.